The standard InChI is InChI=1S/C17H19N3O4/c1-23-10-9-19-16(21)15-11-14(7-8-18-15)20-13-5-3-12(4-6-13)17(22)24-2/h3-8,11H,9-10H2,1-2H3,(H,18,20)(H,19,21). The fourth-order valence-corrected chi connectivity index (χ4v) is 1.96. The van der Waals surface area contributed by atoms with Gasteiger partial charge in [-0.05, 0) is 36.4 Å². The lowest BCUT2D eigenvalue weighted by molar-refractivity contribution is 0.0600. The van der Waals surface area contributed by atoms with E-state index in [1.165, 1.54) is 7.11 Å². The van der Waals surface area contributed by atoms with Crippen molar-refractivity contribution in [2.75, 3.05) is 32.7 Å². The summed E-state index contributed by atoms with van der Waals surface area (Å²) >= 11 is 0. The third kappa shape index (κ3) is 4.79. The molecular formula is C17H19N3O4. The largest absolute Gasteiger partial charge is 0.465 e. The topological polar surface area (TPSA) is 89.6 Å². The summed E-state index contributed by atoms with van der Waals surface area (Å²) in [6, 6.07) is 10.2. The van der Waals surface area contributed by atoms with Crippen molar-refractivity contribution in [2.45, 2.75) is 0 Å². The number of carbonyl (C=O) groups is 2. The van der Waals surface area contributed by atoms with Gasteiger partial charge in [0.2, 0.25) is 0 Å². The summed E-state index contributed by atoms with van der Waals surface area (Å²) in [7, 11) is 2.91. The number of anilines is 2. The molecule has 2 aromatic rings. The maximum Gasteiger partial charge on any atom is 0.337 e. The van der Waals surface area contributed by atoms with E-state index in [1.54, 1.807) is 49.7 Å². The average molecular weight is 329 g/mol. The number of rotatable bonds is 7. The van der Waals surface area contributed by atoms with E-state index in [9.17, 15) is 9.59 Å². The third-order valence-electron chi connectivity index (χ3n) is 3.18. The molecule has 0 fully saturated rings. The highest BCUT2D eigenvalue weighted by Crippen LogP contribution is 2.17. The molecule has 0 saturated carbocycles. The lowest BCUT2D eigenvalue weighted by Gasteiger charge is -2.09. The molecule has 0 aliphatic carbocycles. The first kappa shape index (κ1) is 17.4. The van der Waals surface area contributed by atoms with Crippen LogP contribution in [-0.2, 0) is 9.47 Å². The van der Waals surface area contributed by atoms with Crippen molar-refractivity contribution < 1.29 is 19.1 Å². The summed E-state index contributed by atoms with van der Waals surface area (Å²) in [5, 5.41) is 5.87. The van der Waals surface area contributed by atoms with E-state index in [0.29, 0.717) is 30.1 Å². The molecular weight excluding hydrogens is 310 g/mol. The Labute approximate surface area is 140 Å². The van der Waals surface area contributed by atoms with Crippen molar-refractivity contribution in [1.29, 1.82) is 0 Å². The molecule has 1 heterocycles. The second kappa shape index (κ2) is 8.64. The molecule has 0 unspecified atom stereocenters. The number of hydrogen-bond acceptors (Lipinski definition) is 6. The Bertz CT molecular complexity index is 701. The molecule has 2 N–H and O–H groups in total. The molecule has 0 bridgehead atoms. The van der Waals surface area contributed by atoms with Crippen LogP contribution in [0.5, 0.6) is 0 Å². The summed E-state index contributed by atoms with van der Waals surface area (Å²) < 4.78 is 9.54. The lowest BCUT2D eigenvalue weighted by Crippen LogP contribution is -2.27. The van der Waals surface area contributed by atoms with Gasteiger partial charge in [0, 0.05) is 31.2 Å². The van der Waals surface area contributed by atoms with Crippen LogP contribution in [0, 0.1) is 0 Å². The summed E-state index contributed by atoms with van der Waals surface area (Å²) in [5.74, 6) is -0.655. The number of hydrogen-bond donors (Lipinski definition) is 2. The number of methoxy groups -OCH3 is 2. The number of esters is 1. The molecule has 2 rings (SSSR count). The monoisotopic (exact) mass is 329 g/mol. The van der Waals surface area contributed by atoms with Crippen molar-refractivity contribution in [1.82, 2.24) is 10.3 Å². The molecule has 0 spiro atoms. The average Bonchev–Trinajstić information content (AvgIpc) is 2.62. The first-order valence-corrected chi connectivity index (χ1v) is 7.32. The van der Waals surface area contributed by atoms with Gasteiger partial charge < -0.3 is 20.1 Å². The number of pyridine rings is 1. The molecule has 7 nitrogen and oxygen atoms in total. The van der Waals surface area contributed by atoms with Crippen LogP contribution >= 0.6 is 0 Å². The van der Waals surface area contributed by atoms with E-state index >= 15 is 0 Å². The SMILES string of the molecule is COCCNC(=O)c1cc(Nc2ccc(C(=O)OC)cc2)ccn1. The normalized spacial score (nSPS) is 10.1. The summed E-state index contributed by atoms with van der Waals surface area (Å²) in [6.45, 7) is 0.861. The van der Waals surface area contributed by atoms with Crippen molar-refractivity contribution in [2.24, 2.45) is 0 Å². The molecule has 0 aliphatic heterocycles. The molecule has 1 aromatic carbocycles. The van der Waals surface area contributed by atoms with E-state index in [1.807, 2.05) is 0 Å². The molecule has 0 aliphatic rings. The third-order valence-corrected chi connectivity index (χ3v) is 3.18. The van der Waals surface area contributed by atoms with E-state index in [2.05, 4.69) is 20.4 Å². The van der Waals surface area contributed by atoms with Gasteiger partial charge in [-0.1, -0.05) is 0 Å². The van der Waals surface area contributed by atoms with Crippen LogP contribution in [0.15, 0.2) is 42.6 Å². The molecule has 0 atom stereocenters. The van der Waals surface area contributed by atoms with Crippen LogP contribution < -0.4 is 10.6 Å². The van der Waals surface area contributed by atoms with Crippen LogP contribution in [-0.4, -0.2) is 44.2 Å². The van der Waals surface area contributed by atoms with E-state index in [0.717, 1.165) is 5.69 Å². The van der Waals surface area contributed by atoms with Crippen LogP contribution in [0.2, 0.25) is 0 Å². The Kier molecular flexibility index (Phi) is 6.27. The van der Waals surface area contributed by atoms with Gasteiger partial charge in [-0.15, -0.1) is 0 Å². The van der Waals surface area contributed by atoms with Crippen LogP contribution in [0.3, 0.4) is 0 Å². The maximum atomic E-state index is 12.0. The molecule has 1 amide bonds. The second-order valence-electron chi connectivity index (χ2n) is 4.87. The Morgan fingerprint density at radius 3 is 2.50 bits per heavy atom. The molecule has 126 valence electrons. The molecule has 1 aromatic heterocycles. The smallest absolute Gasteiger partial charge is 0.337 e. The molecule has 0 radical (unpaired) electrons. The Morgan fingerprint density at radius 1 is 1.08 bits per heavy atom. The van der Waals surface area contributed by atoms with E-state index in [4.69, 9.17) is 4.74 Å². The zero-order chi connectivity index (χ0) is 17.4. The zero-order valence-corrected chi connectivity index (χ0v) is 13.5. The van der Waals surface area contributed by atoms with Gasteiger partial charge in [-0.2, -0.15) is 0 Å². The van der Waals surface area contributed by atoms with Crippen LogP contribution in [0.25, 0.3) is 0 Å². The molecule has 0 saturated heterocycles. The Balaban J connectivity index is 2.03. The highest BCUT2D eigenvalue weighted by Gasteiger charge is 2.08. The number of amides is 1. The number of benzene rings is 1. The highest BCUT2D eigenvalue weighted by atomic mass is 16.5. The molecule has 24 heavy (non-hydrogen) atoms. The van der Waals surface area contributed by atoms with Crippen molar-refractivity contribution in [3.05, 3.63) is 53.9 Å². The van der Waals surface area contributed by atoms with Crippen LogP contribution in [0.4, 0.5) is 11.4 Å². The molecule has 7 heteroatoms. The predicted molar refractivity (Wildman–Crippen MR) is 89.5 cm³/mol. The van der Waals surface area contributed by atoms with Gasteiger partial charge in [0.25, 0.3) is 5.91 Å². The minimum Gasteiger partial charge on any atom is -0.465 e. The Morgan fingerprint density at radius 2 is 1.83 bits per heavy atom. The van der Waals surface area contributed by atoms with Gasteiger partial charge in [0.1, 0.15) is 5.69 Å². The highest BCUT2D eigenvalue weighted by molar-refractivity contribution is 5.93. The fraction of sp³-hybridized carbons (Fsp3) is 0.235. The van der Waals surface area contributed by atoms with Gasteiger partial charge in [0.15, 0.2) is 0 Å². The van der Waals surface area contributed by atoms with Crippen molar-refractivity contribution in [3.63, 3.8) is 0 Å². The van der Waals surface area contributed by atoms with E-state index < -0.39 is 0 Å². The fourth-order valence-electron chi connectivity index (χ4n) is 1.96. The van der Waals surface area contributed by atoms with Gasteiger partial charge >= 0.3 is 5.97 Å². The van der Waals surface area contributed by atoms with Gasteiger partial charge in [0.05, 0.1) is 19.3 Å². The minimum absolute atomic E-state index is 0.267. The summed E-state index contributed by atoms with van der Waals surface area (Å²) in [4.78, 5) is 27.4. The van der Waals surface area contributed by atoms with E-state index in [-0.39, 0.29) is 11.9 Å². The first-order chi connectivity index (χ1) is 11.6. The predicted octanol–water partition coefficient (Wildman–Crippen LogP) is 1.99. The van der Waals surface area contributed by atoms with Gasteiger partial charge in [-0.3, -0.25) is 9.78 Å². The second-order valence-corrected chi connectivity index (χ2v) is 4.87. The lowest BCUT2D eigenvalue weighted by atomic mass is 10.2. The number of aromatic nitrogens is 1. The first-order valence-electron chi connectivity index (χ1n) is 7.32. The maximum absolute atomic E-state index is 12.0. The van der Waals surface area contributed by atoms with Crippen molar-refractivity contribution >= 4 is 23.3 Å². The summed E-state index contributed by atoms with van der Waals surface area (Å²) in [6.07, 6.45) is 1.55. The summed E-state index contributed by atoms with van der Waals surface area (Å²) in [5.41, 5.74) is 2.27. The number of carbonyl (C=O) groups excluding carboxylic acids is 2. The number of nitrogens with one attached hydrogen (secondary N) is 2. The minimum atomic E-state index is -0.388. The van der Waals surface area contributed by atoms with Crippen LogP contribution in [0.1, 0.15) is 20.8 Å². The quantitative estimate of drug-likeness (QED) is 0.596. The van der Waals surface area contributed by atoms with Gasteiger partial charge in [-0.25, -0.2) is 4.79 Å². The number of nitrogens with zero attached hydrogens (tertiary/aromatic N) is 1. The Hall–Kier alpha value is -2.93. The van der Waals surface area contributed by atoms with Crippen molar-refractivity contribution in [3.8, 4) is 0 Å². The zero-order valence-electron chi connectivity index (χ0n) is 13.5. The number of ether oxygens (including phenoxy) is 2.